The molecule has 6 heteroatoms. The molecule has 21 heavy (non-hydrogen) atoms. The highest BCUT2D eigenvalue weighted by atomic mass is 16.3. The molecule has 0 bridgehead atoms. The maximum absolute atomic E-state index is 12.5. The van der Waals surface area contributed by atoms with Gasteiger partial charge in [-0.05, 0) is 24.8 Å². The van der Waals surface area contributed by atoms with Crippen LogP contribution in [0.5, 0.6) is 0 Å². The third-order valence-electron chi connectivity index (χ3n) is 4.14. The third kappa shape index (κ3) is 3.32. The van der Waals surface area contributed by atoms with Crippen molar-refractivity contribution in [1.82, 2.24) is 14.7 Å². The first-order valence-corrected chi connectivity index (χ1v) is 7.58. The van der Waals surface area contributed by atoms with Crippen LogP contribution in [0.3, 0.4) is 0 Å². The summed E-state index contributed by atoms with van der Waals surface area (Å²) in [7, 11) is 0. The number of aromatic nitrogens is 2. The number of carbonyl (C=O) groups excluding carboxylic acids is 1. The average molecular weight is 293 g/mol. The molecule has 0 saturated carbocycles. The van der Waals surface area contributed by atoms with Crippen molar-refractivity contribution < 1.29 is 9.90 Å². The lowest BCUT2D eigenvalue weighted by Crippen LogP contribution is -2.41. The maximum atomic E-state index is 12.5. The minimum absolute atomic E-state index is 0.0393. The van der Waals surface area contributed by atoms with E-state index in [4.69, 9.17) is 0 Å². The maximum Gasteiger partial charge on any atom is 0.274 e. The Morgan fingerprint density at radius 2 is 2.24 bits per heavy atom. The van der Waals surface area contributed by atoms with Crippen molar-refractivity contribution in [3.63, 3.8) is 0 Å². The zero-order chi connectivity index (χ0) is 15.4. The molecule has 0 spiro atoms. The summed E-state index contributed by atoms with van der Waals surface area (Å²) < 4.78 is 1.35. The highest BCUT2D eigenvalue weighted by molar-refractivity contribution is 5.92. The van der Waals surface area contributed by atoms with E-state index in [0.29, 0.717) is 13.1 Å². The molecule has 2 unspecified atom stereocenters. The molecule has 0 radical (unpaired) electrons. The second kappa shape index (κ2) is 6.85. The van der Waals surface area contributed by atoms with Crippen molar-refractivity contribution in [2.45, 2.75) is 45.7 Å². The van der Waals surface area contributed by atoms with Gasteiger partial charge in [0.2, 0.25) is 0 Å². The van der Waals surface area contributed by atoms with E-state index in [0.717, 1.165) is 19.3 Å². The van der Waals surface area contributed by atoms with Gasteiger partial charge in [-0.15, -0.1) is 0 Å². The molecular formula is C15H23N3O3. The van der Waals surface area contributed by atoms with Gasteiger partial charge in [0.15, 0.2) is 0 Å². The van der Waals surface area contributed by atoms with Crippen molar-refractivity contribution in [2.75, 3.05) is 13.2 Å². The highest BCUT2D eigenvalue weighted by Crippen LogP contribution is 2.24. The van der Waals surface area contributed by atoms with Crippen molar-refractivity contribution in [2.24, 2.45) is 5.92 Å². The predicted octanol–water partition coefficient (Wildman–Crippen LogP) is 0.886. The molecule has 1 aliphatic heterocycles. The molecular weight excluding hydrogens is 270 g/mol. The SMILES string of the molecule is CCCCn1nc(C(=O)N2CCC(C)C2CO)ccc1=O. The van der Waals surface area contributed by atoms with Gasteiger partial charge in [-0.3, -0.25) is 9.59 Å². The van der Waals surface area contributed by atoms with Gasteiger partial charge in [-0.2, -0.15) is 5.10 Å². The molecule has 2 heterocycles. The minimum atomic E-state index is -0.205. The van der Waals surface area contributed by atoms with Crippen molar-refractivity contribution in [3.8, 4) is 0 Å². The molecule has 6 nitrogen and oxygen atoms in total. The predicted molar refractivity (Wildman–Crippen MR) is 79.1 cm³/mol. The zero-order valence-corrected chi connectivity index (χ0v) is 12.7. The molecule has 116 valence electrons. The highest BCUT2D eigenvalue weighted by Gasteiger charge is 2.34. The van der Waals surface area contributed by atoms with Gasteiger partial charge in [0.25, 0.3) is 11.5 Å². The first kappa shape index (κ1) is 15.7. The first-order valence-electron chi connectivity index (χ1n) is 7.58. The lowest BCUT2D eigenvalue weighted by molar-refractivity contribution is 0.0639. The molecule has 1 aliphatic rings. The average Bonchev–Trinajstić information content (AvgIpc) is 2.86. The van der Waals surface area contributed by atoms with Gasteiger partial charge >= 0.3 is 0 Å². The molecule has 2 rings (SSSR count). The fourth-order valence-corrected chi connectivity index (χ4v) is 2.72. The first-order chi connectivity index (χ1) is 10.1. The number of aliphatic hydroxyl groups is 1. The summed E-state index contributed by atoms with van der Waals surface area (Å²) in [5.74, 6) is 0.0774. The fourth-order valence-electron chi connectivity index (χ4n) is 2.72. The lowest BCUT2D eigenvalue weighted by Gasteiger charge is -2.24. The molecule has 0 aromatic carbocycles. The van der Waals surface area contributed by atoms with Crippen LogP contribution in [-0.2, 0) is 6.54 Å². The quantitative estimate of drug-likeness (QED) is 0.874. The topological polar surface area (TPSA) is 75.4 Å². The number of hydrogen-bond acceptors (Lipinski definition) is 4. The number of unbranched alkanes of at least 4 members (excludes halogenated alkanes) is 1. The second-order valence-electron chi connectivity index (χ2n) is 5.65. The van der Waals surface area contributed by atoms with Crippen LogP contribution in [0.1, 0.15) is 43.6 Å². The van der Waals surface area contributed by atoms with E-state index < -0.39 is 0 Å². The smallest absolute Gasteiger partial charge is 0.274 e. The lowest BCUT2D eigenvalue weighted by atomic mass is 10.0. The Morgan fingerprint density at radius 3 is 2.90 bits per heavy atom. The van der Waals surface area contributed by atoms with Crippen LogP contribution < -0.4 is 5.56 Å². The number of nitrogens with zero attached hydrogens (tertiary/aromatic N) is 3. The van der Waals surface area contributed by atoms with Crippen LogP contribution >= 0.6 is 0 Å². The monoisotopic (exact) mass is 293 g/mol. The van der Waals surface area contributed by atoms with E-state index in [1.165, 1.54) is 16.8 Å². The summed E-state index contributed by atoms with van der Waals surface area (Å²) in [5.41, 5.74) is 0.0896. The van der Waals surface area contributed by atoms with E-state index in [-0.39, 0.29) is 35.7 Å². The van der Waals surface area contributed by atoms with E-state index in [9.17, 15) is 14.7 Å². The van der Waals surface area contributed by atoms with Crippen molar-refractivity contribution in [1.29, 1.82) is 0 Å². The van der Waals surface area contributed by atoms with Crippen LogP contribution in [0.25, 0.3) is 0 Å². The molecule has 1 aromatic heterocycles. The summed E-state index contributed by atoms with van der Waals surface area (Å²) in [6, 6.07) is 2.71. The van der Waals surface area contributed by atoms with E-state index >= 15 is 0 Å². The number of aryl methyl sites for hydroxylation is 1. The van der Waals surface area contributed by atoms with E-state index in [1.807, 2.05) is 13.8 Å². The number of hydrogen-bond donors (Lipinski definition) is 1. The van der Waals surface area contributed by atoms with Gasteiger partial charge in [0, 0.05) is 19.2 Å². The Morgan fingerprint density at radius 1 is 1.48 bits per heavy atom. The van der Waals surface area contributed by atoms with Gasteiger partial charge in [0.1, 0.15) is 5.69 Å². The van der Waals surface area contributed by atoms with Crippen molar-refractivity contribution >= 4 is 5.91 Å². The Labute approximate surface area is 124 Å². The van der Waals surface area contributed by atoms with Crippen LogP contribution in [0.15, 0.2) is 16.9 Å². The Hall–Kier alpha value is -1.69. The molecule has 1 fully saturated rings. The molecule has 1 aromatic rings. The number of carbonyl (C=O) groups is 1. The van der Waals surface area contributed by atoms with Gasteiger partial charge in [-0.1, -0.05) is 20.3 Å². The Balaban J connectivity index is 2.21. The molecule has 1 saturated heterocycles. The van der Waals surface area contributed by atoms with Gasteiger partial charge < -0.3 is 10.0 Å². The van der Waals surface area contributed by atoms with E-state index in [1.54, 1.807) is 4.90 Å². The summed E-state index contributed by atoms with van der Waals surface area (Å²) in [4.78, 5) is 25.9. The number of amides is 1. The summed E-state index contributed by atoms with van der Waals surface area (Å²) in [6.07, 6.45) is 2.69. The summed E-state index contributed by atoms with van der Waals surface area (Å²) >= 11 is 0. The Kier molecular flexibility index (Phi) is 5.12. The Bertz CT molecular complexity index is 555. The number of aliphatic hydroxyl groups excluding tert-OH is 1. The minimum Gasteiger partial charge on any atom is -0.394 e. The van der Waals surface area contributed by atoms with E-state index in [2.05, 4.69) is 5.10 Å². The second-order valence-corrected chi connectivity index (χ2v) is 5.65. The summed E-state index contributed by atoms with van der Waals surface area (Å²) in [5, 5.41) is 13.6. The normalized spacial score (nSPS) is 21.8. The zero-order valence-electron chi connectivity index (χ0n) is 12.7. The van der Waals surface area contributed by atoms with Crippen LogP contribution in [0.4, 0.5) is 0 Å². The van der Waals surface area contributed by atoms with Crippen LogP contribution in [-0.4, -0.2) is 44.9 Å². The molecule has 1 N–H and O–H groups in total. The largest absolute Gasteiger partial charge is 0.394 e. The molecule has 1 amide bonds. The standard InChI is InChI=1S/C15H23N3O3/c1-3-4-8-18-14(20)6-5-12(16-18)15(21)17-9-7-11(2)13(17)10-19/h5-6,11,13,19H,3-4,7-10H2,1-2H3. The van der Waals surface area contributed by atoms with Crippen molar-refractivity contribution in [3.05, 3.63) is 28.2 Å². The summed E-state index contributed by atoms with van der Waals surface area (Å²) in [6.45, 7) is 5.18. The third-order valence-corrected chi connectivity index (χ3v) is 4.14. The van der Waals surface area contributed by atoms with Crippen LogP contribution in [0.2, 0.25) is 0 Å². The molecule has 0 aliphatic carbocycles. The number of rotatable bonds is 5. The van der Waals surface area contributed by atoms with Gasteiger partial charge in [-0.25, -0.2) is 4.68 Å². The molecule has 2 atom stereocenters. The number of likely N-dealkylation sites (tertiary alicyclic amines) is 1. The fraction of sp³-hybridized carbons (Fsp3) is 0.667. The van der Waals surface area contributed by atoms with Gasteiger partial charge in [0.05, 0.1) is 12.6 Å². The van der Waals surface area contributed by atoms with Crippen LogP contribution in [0, 0.1) is 5.92 Å².